The third-order valence-electron chi connectivity index (χ3n) is 10.8. The number of hydrogen-bond acceptors (Lipinski definition) is 9. The van der Waals surface area contributed by atoms with Crippen molar-refractivity contribution in [2.75, 3.05) is 68.8 Å². The normalized spacial score (nSPS) is 21.2. The Morgan fingerprint density at radius 2 is 1.85 bits per heavy atom. The van der Waals surface area contributed by atoms with Gasteiger partial charge in [-0.2, -0.15) is 15.2 Å². The molecular formula is C37H45ClN8O2. The van der Waals surface area contributed by atoms with Gasteiger partial charge in [0.05, 0.1) is 41.3 Å². The number of benzene rings is 2. The highest BCUT2D eigenvalue weighted by Crippen LogP contribution is 2.43. The van der Waals surface area contributed by atoms with Crippen molar-refractivity contribution in [2.45, 2.75) is 63.7 Å². The number of rotatable bonds is 9. The Morgan fingerprint density at radius 1 is 1.08 bits per heavy atom. The number of piperazine rings is 2. The predicted octanol–water partition coefficient (Wildman–Crippen LogP) is 4.90. The van der Waals surface area contributed by atoms with Gasteiger partial charge in [-0.1, -0.05) is 42.4 Å². The molecule has 0 spiro atoms. The number of anilines is 2. The Labute approximate surface area is 288 Å². The molecule has 3 aromatic rings. The molecule has 3 aliphatic heterocycles. The summed E-state index contributed by atoms with van der Waals surface area (Å²) in [5, 5.41) is 12.5. The molecule has 4 heterocycles. The Morgan fingerprint density at radius 3 is 2.56 bits per heavy atom. The first-order chi connectivity index (χ1) is 23.3. The zero-order valence-corrected chi connectivity index (χ0v) is 28.8. The van der Waals surface area contributed by atoms with Crippen molar-refractivity contribution < 1.29 is 9.53 Å². The molecule has 10 nitrogen and oxygen atoms in total. The molecule has 11 heteroatoms. The van der Waals surface area contributed by atoms with Crippen LogP contribution in [0.4, 0.5) is 11.5 Å². The Bertz CT molecular complexity index is 1720. The lowest BCUT2D eigenvalue weighted by Crippen LogP contribution is -2.55. The van der Waals surface area contributed by atoms with Crippen LogP contribution < -0.4 is 14.5 Å². The highest BCUT2D eigenvalue weighted by Gasteiger charge is 2.49. The van der Waals surface area contributed by atoms with E-state index in [2.05, 4.69) is 70.4 Å². The number of aromatic nitrogens is 2. The average Bonchev–Trinajstić information content (AvgIpc) is 3.91. The summed E-state index contributed by atoms with van der Waals surface area (Å²) >= 11 is 6.75. The van der Waals surface area contributed by atoms with Crippen molar-refractivity contribution in [3.63, 3.8) is 0 Å². The zero-order chi connectivity index (χ0) is 33.4. The standard InChI is InChI=1S/C37H45ClN8O2/c1-4-33(47)46-22-19-44(23-28(46)11-15-39)35-29-12-16-43(32-10-6-8-27-7-5-9-30(38)34(27)32)24-31(29)40-36(41-35)48-25-37(13-14-37)45-20-17-42(18-21-45)26(2)3/h4-10,26,28H,1,11-14,16-25H2,2-3H3/t28-/m0/s1. The second kappa shape index (κ2) is 13.5. The van der Waals surface area contributed by atoms with E-state index in [4.69, 9.17) is 26.3 Å². The Balaban J connectivity index is 1.18. The van der Waals surface area contributed by atoms with Crippen LogP contribution in [-0.4, -0.2) is 107 Å². The fourth-order valence-electron chi connectivity index (χ4n) is 7.80. The molecule has 4 aliphatic rings. The fourth-order valence-corrected chi connectivity index (χ4v) is 8.08. The molecule has 1 saturated carbocycles. The van der Waals surface area contributed by atoms with E-state index in [-0.39, 0.29) is 23.9 Å². The van der Waals surface area contributed by atoms with E-state index in [1.165, 1.54) is 6.08 Å². The lowest BCUT2D eigenvalue weighted by molar-refractivity contribution is -0.128. The van der Waals surface area contributed by atoms with Gasteiger partial charge < -0.3 is 19.4 Å². The van der Waals surface area contributed by atoms with Crippen molar-refractivity contribution in [1.82, 2.24) is 24.7 Å². The Kier molecular flexibility index (Phi) is 9.20. The third-order valence-corrected chi connectivity index (χ3v) is 11.1. The van der Waals surface area contributed by atoms with Crippen molar-refractivity contribution >= 4 is 39.8 Å². The van der Waals surface area contributed by atoms with Crippen molar-refractivity contribution in [3.8, 4) is 12.1 Å². The summed E-state index contributed by atoms with van der Waals surface area (Å²) in [6.07, 6.45) is 4.58. The summed E-state index contributed by atoms with van der Waals surface area (Å²) in [6.45, 7) is 16.1. The van der Waals surface area contributed by atoms with Crippen molar-refractivity contribution in [1.29, 1.82) is 5.26 Å². The molecule has 0 radical (unpaired) electrons. The number of carbonyl (C=O) groups excluding carboxylic acids is 1. The van der Waals surface area contributed by atoms with E-state index in [0.29, 0.717) is 44.8 Å². The molecule has 1 atom stereocenters. The van der Waals surface area contributed by atoms with Gasteiger partial charge in [-0.15, -0.1) is 0 Å². The molecule has 7 rings (SSSR count). The molecule has 1 aromatic heterocycles. The van der Waals surface area contributed by atoms with Gasteiger partial charge in [0.1, 0.15) is 12.4 Å². The van der Waals surface area contributed by atoms with Crippen LogP contribution in [0.5, 0.6) is 6.01 Å². The molecular weight excluding hydrogens is 624 g/mol. The molecule has 0 unspecified atom stereocenters. The second-order valence-electron chi connectivity index (χ2n) is 13.9. The first-order valence-corrected chi connectivity index (χ1v) is 17.7. The summed E-state index contributed by atoms with van der Waals surface area (Å²) in [6, 6.07) is 15.3. The van der Waals surface area contributed by atoms with E-state index in [1.54, 1.807) is 4.90 Å². The monoisotopic (exact) mass is 668 g/mol. The molecule has 1 amide bonds. The van der Waals surface area contributed by atoms with Gasteiger partial charge in [0.15, 0.2) is 0 Å². The predicted molar refractivity (Wildman–Crippen MR) is 190 cm³/mol. The minimum Gasteiger partial charge on any atom is -0.461 e. The average molecular weight is 669 g/mol. The number of amides is 1. The number of halogens is 1. The third kappa shape index (κ3) is 6.31. The molecule has 2 aromatic carbocycles. The number of nitriles is 1. The minimum absolute atomic E-state index is 0.0444. The Hall–Kier alpha value is -3.91. The summed E-state index contributed by atoms with van der Waals surface area (Å²) in [5.74, 6) is 0.714. The van der Waals surface area contributed by atoms with Gasteiger partial charge >= 0.3 is 6.01 Å². The van der Waals surface area contributed by atoms with Gasteiger partial charge in [-0.05, 0) is 56.7 Å². The van der Waals surface area contributed by atoms with Crippen LogP contribution in [0.3, 0.4) is 0 Å². The van der Waals surface area contributed by atoms with Gasteiger partial charge in [-0.25, -0.2) is 0 Å². The topological polar surface area (TPSA) is 92.1 Å². The summed E-state index contributed by atoms with van der Waals surface area (Å²) < 4.78 is 6.57. The summed E-state index contributed by atoms with van der Waals surface area (Å²) in [4.78, 5) is 34.3. The second-order valence-corrected chi connectivity index (χ2v) is 14.3. The largest absolute Gasteiger partial charge is 0.461 e. The van der Waals surface area contributed by atoms with Crippen LogP contribution in [0.25, 0.3) is 10.8 Å². The number of hydrogen-bond donors (Lipinski definition) is 0. The maximum atomic E-state index is 12.6. The van der Waals surface area contributed by atoms with Crippen LogP contribution in [0.15, 0.2) is 49.1 Å². The maximum absolute atomic E-state index is 12.6. The molecule has 3 fully saturated rings. The summed E-state index contributed by atoms with van der Waals surface area (Å²) in [5.41, 5.74) is 3.19. The quantitative estimate of drug-likeness (QED) is 0.295. The highest BCUT2D eigenvalue weighted by atomic mass is 35.5. The van der Waals surface area contributed by atoms with E-state index in [1.807, 2.05) is 12.1 Å². The molecule has 0 N–H and O–H groups in total. The number of ether oxygens (including phenoxy) is 1. The van der Waals surface area contributed by atoms with Gasteiger partial charge in [0, 0.05) is 75.0 Å². The van der Waals surface area contributed by atoms with Crippen LogP contribution in [0, 0.1) is 11.3 Å². The molecule has 1 aliphatic carbocycles. The van der Waals surface area contributed by atoms with Crippen LogP contribution in [0.2, 0.25) is 5.02 Å². The molecule has 2 saturated heterocycles. The number of nitrogens with zero attached hydrogens (tertiary/aromatic N) is 8. The van der Waals surface area contributed by atoms with E-state index in [0.717, 1.165) is 90.5 Å². The molecule has 48 heavy (non-hydrogen) atoms. The highest BCUT2D eigenvalue weighted by molar-refractivity contribution is 6.36. The fraction of sp³-hybridized carbons (Fsp3) is 0.514. The molecule has 252 valence electrons. The van der Waals surface area contributed by atoms with E-state index >= 15 is 0 Å². The van der Waals surface area contributed by atoms with Crippen LogP contribution in [0.1, 0.15) is 44.4 Å². The van der Waals surface area contributed by atoms with Gasteiger partial charge in [0.25, 0.3) is 0 Å². The van der Waals surface area contributed by atoms with Crippen molar-refractivity contribution in [3.05, 3.63) is 65.3 Å². The number of fused-ring (bicyclic) bond motifs is 2. The zero-order valence-electron chi connectivity index (χ0n) is 28.1. The van der Waals surface area contributed by atoms with Crippen LogP contribution in [-0.2, 0) is 17.8 Å². The SMILES string of the molecule is C=CC(=O)N1CCN(c2nc(OCC3(N4CCN(C(C)C)CC4)CC3)nc3c2CCN(c2cccc4cccc(Cl)c24)C3)C[C@@H]1CC#N. The van der Waals surface area contributed by atoms with E-state index in [9.17, 15) is 10.1 Å². The first-order valence-electron chi connectivity index (χ1n) is 17.3. The number of carbonyl (C=O) groups is 1. The lowest BCUT2D eigenvalue weighted by atomic mass is 10.0. The van der Waals surface area contributed by atoms with Crippen molar-refractivity contribution in [2.24, 2.45) is 0 Å². The summed E-state index contributed by atoms with van der Waals surface area (Å²) in [7, 11) is 0. The molecule has 0 bridgehead atoms. The first kappa shape index (κ1) is 32.6. The van der Waals surface area contributed by atoms with Gasteiger partial charge in [0.2, 0.25) is 5.91 Å². The van der Waals surface area contributed by atoms with Crippen LogP contribution >= 0.6 is 11.6 Å². The minimum atomic E-state index is -0.249. The van der Waals surface area contributed by atoms with Gasteiger partial charge in [-0.3, -0.25) is 14.6 Å². The van der Waals surface area contributed by atoms with E-state index < -0.39 is 0 Å². The smallest absolute Gasteiger partial charge is 0.318 e. The lowest BCUT2D eigenvalue weighted by Gasteiger charge is -2.42. The maximum Gasteiger partial charge on any atom is 0.318 e.